The second-order valence-corrected chi connectivity index (χ2v) is 5.53. The highest BCUT2D eigenvalue weighted by Crippen LogP contribution is 2.18. The van der Waals surface area contributed by atoms with Crippen LogP contribution in [0.2, 0.25) is 0 Å². The predicted molar refractivity (Wildman–Crippen MR) is 76.6 cm³/mol. The fourth-order valence-electron chi connectivity index (χ4n) is 1.76. The molecular formula is C15H23NO3. The summed E-state index contributed by atoms with van der Waals surface area (Å²) in [5, 5.41) is 18.6. The number of aliphatic carboxylic acids is 1. The van der Waals surface area contributed by atoms with Gasteiger partial charge < -0.3 is 15.1 Å². The van der Waals surface area contributed by atoms with Gasteiger partial charge in [0.25, 0.3) is 0 Å². The molecule has 0 saturated heterocycles. The molecule has 19 heavy (non-hydrogen) atoms. The van der Waals surface area contributed by atoms with Gasteiger partial charge in [-0.25, -0.2) is 0 Å². The van der Waals surface area contributed by atoms with Crippen molar-refractivity contribution < 1.29 is 15.0 Å². The Labute approximate surface area is 114 Å². The summed E-state index contributed by atoms with van der Waals surface area (Å²) in [5.41, 5.74) is 1.42. The molecule has 0 spiro atoms. The fraction of sp³-hybridized carbons (Fsp3) is 0.533. The molecule has 0 bridgehead atoms. The van der Waals surface area contributed by atoms with E-state index in [2.05, 4.69) is 0 Å². The monoisotopic (exact) mass is 265 g/mol. The highest BCUT2D eigenvalue weighted by atomic mass is 16.4. The van der Waals surface area contributed by atoms with E-state index >= 15 is 0 Å². The van der Waals surface area contributed by atoms with Gasteiger partial charge in [-0.15, -0.1) is 0 Å². The van der Waals surface area contributed by atoms with Crippen LogP contribution in [0.15, 0.2) is 24.3 Å². The van der Waals surface area contributed by atoms with Crippen molar-refractivity contribution in [3.63, 3.8) is 0 Å². The molecule has 4 nitrogen and oxygen atoms in total. The second kappa shape index (κ2) is 6.57. The molecule has 1 aromatic carbocycles. The highest BCUT2D eigenvalue weighted by Gasteiger charge is 2.16. The van der Waals surface area contributed by atoms with Crippen molar-refractivity contribution in [2.24, 2.45) is 0 Å². The number of carboxylic acids is 1. The van der Waals surface area contributed by atoms with Gasteiger partial charge in [0, 0.05) is 18.8 Å². The van der Waals surface area contributed by atoms with Crippen molar-refractivity contribution in [2.45, 2.75) is 39.2 Å². The molecule has 0 radical (unpaired) electrons. The van der Waals surface area contributed by atoms with Crippen LogP contribution < -0.4 is 4.90 Å². The minimum atomic E-state index is -0.805. The molecule has 106 valence electrons. The van der Waals surface area contributed by atoms with Crippen LogP contribution in [0.3, 0.4) is 0 Å². The Morgan fingerprint density at radius 1 is 1.21 bits per heavy atom. The summed E-state index contributed by atoms with van der Waals surface area (Å²) in [6.07, 6.45) is 0.695. The smallest absolute Gasteiger partial charge is 0.305 e. The van der Waals surface area contributed by atoms with E-state index in [9.17, 15) is 9.90 Å². The third-order valence-electron chi connectivity index (χ3n) is 2.99. The van der Waals surface area contributed by atoms with Crippen molar-refractivity contribution in [3.8, 4) is 0 Å². The fourth-order valence-corrected chi connectivity index (χ4v) is 1.76. The normalized spacial score (nSPS) is 11.4. The van der Waals surface area contributed by atoms with Gasteiger partial charge in [-0.2, -0.15) is 0 Å². The Balaban J connectivity index is 2.73. The topological polar surface area (TPSA) is 60.8 Å². The molecule has 0 atom stereocenters. The lowest BCUT2D eigenvalue weighted by molar-refractivity contribution is -0.136. The van der Waals surface area contributed by atoms with E-state index in [1.165, 1.54) is 5.56 Å². The van der Waals surface area contributed by atoms with E-state index in [-0.39, 0.29) is 6.42 Å². The first kappa shape index (κ1) is 15.5. The molecule has 4 heteroatoms. The number of hydrogen-bond acceptors (Lipinski definition) is 3. The Kier molecular flexibility index (Phi) is 5.36. The van der Waals surface area contributed by atoms with Crippen LogP contribution in [0, 0.1) is 6.92 Å². The van der Waals surface area contributed by atoms with Gasteiger partial charge >= 0.3 is 5.97 Å². The van der Waals surface area contributed by atoms with Gasteiger partial charge in [0.2, 0.25) is 0 Å². The van der Waals surface area contributed by atoms with Crippen LogP contribution in [0.1, 0.15) is 32.3 Å². The average Bonchev–Trinajstić information content (AvgIpc) is 2.29. The number of hydrogen-bond donors (Lipinski definition) is 2. The first-order chi connectivity index (χ1) is 8.78. The van der Waals surface area contributed by atoms with Crippen LogP contribution in [-0.2, 0) is 4.79 Å². The number of carboxylic acid groups (broad SMARTS) is 1. The van der Waals surface area contributed by atoms with Crippen LogP contribution in [-0.4, -0.2) is 34.9 Å². The standard InChI is InChI=1S/C15H23NO3/c1-12-4-6-13(7-5-12)16(10-8-14(17)18)11-9-15(2,3)19/h4-7,19H,8-11H2,1-3H3,(H,17,18). The molecule has 0 aliphatic rings. The summed E-state index contributed by atoms with van der Waals surface area (Å²) in [6, 6.07) is 7.99. The summed E-state index contributed by atoms with van der Waals surface area (Å²) in [7, 11) is 0. The molecule has 0 aromatic heterocycles. The molecule has 0 unspecified atom stereocenters. The van der Waals surface area contributed by atoms with Crippen molar-refractivity contribution in [1.29, 1.82) is 0 Å². The second-order valence-electron chi connectivity index (χ2n) is 5.53. The molecular weight excluding hydrogens is 242 g/mol. The predicted octanol–water partition coefficient (Wildman–Crippen LogP) is 2.44. The van der Waals surface area contributed by atoms with Crippen LogP contribution >= 0.6 is 0 Å². The van der Waals surface area contributed by atoms with Crippen molar-refractivity contribution in [3.05, 3.63) is 29.8 Å². The van der Waals surface area contributed by atoms with Gasteiger partial charge in [-0.05, 0) is 39.3 Å². The van der Waals surface area contributed by atoms with E-state index in [0.29, 0.717) is 19.5 Å². The summed E-state index contributed by atoms with van der Waals surface area (Å²) in [6.45, 7) is 6.63. The molecule has 0 aliphatic carbocycles. The molecule has 0 saturated carbocycles. The number of anilines is 1. The molecule has 0 amide bonds. The molecule has 0 heterocycles. The van der Waals surface area contributed by atoms with E-state index in [4.69, 9.17) is 5.11 Å². The molecule has 0 fully saturated rings. The van der Waals surface area contributed by atoms with Crippen molar-refractivity contribution in [1.82, 2.24) is 0 Å². The average molecular weight is 265 g/mol. The minimum absolute atomic E-state index is 0.0970. The lowest BCUT2D eigenvalue weighted by Crippen LogP contribution is -2.32. The van der Waals surface area contributed by atoms with E-state index in [1.54, 1.807) is 13.8 Å². The van der Waals surface area contributed by atoms with E-state index in [1.807, 2.05) is 36.1 Å². The number of aryl methyl sites for hydroxylation is 1. The first-order valence-corrected chi connectivity index (χ1v) is 6.54. The van der Waals surface area contributed by atoms with E-state index < -0.39 is 11.6 Å². The Morgan fingerprint density at radius 2 is 1.79 bits per heavy atom. The van der Waals surface area contributed by atoms with Crippen LogP contribution in [0.4, 0.5) is 5.69 Å². The summed E-state index contributed by atoms with van der Waals surface area (Å²) in [4.78, 5) is 12.7. The summed E-state index contributed by atoms with van der Waals surface area (Å²) >= 11 is 0. The largest absolute Gasteiger partial charge is 0.481 e. The number of nitrogens with zero attached hydrogens (tertiary/aromatic N) is 1. The van der Waals surface area contributed by atoms with Gasteiger partial charge in [-0.3, -0.25) is 4.79 Å². The number of rotatable bonds is 7. The maximum Gasteiger partial charge on any atom is 0.305 e. The molecule has 0 aliphatic heterocycles. The lowest BCUT2D eigenvalue weighted by atomic mass is 10.0. The van der Waals surface area contributed by atoms with Gasteiger partial charge in [0.05, 0.1) is 12.0 Å². The Bertz CT molecular complexity index is 406. The quantitative estimate of drug-likeness (QED) is 0.795. The Morgan fingerprint density at radius 3 is 2.26 bits per heavy atom. The third kappa shape index (κ3) is 6.25. The van der Waals surface area contributed by atoms with Crippen LogP contribution in [0.5, 0.6) is 0 Å². The zero-order valence-electron chi connectivity index (χ0n) is 11.9. The SMILES string of the molecule is Cc1ccc(N(CCC(=O)O)CCC(C)(C)O)cc1. The van der Waals surface area contributed by atoms with Gasteiger partial charge in [0.1, 0.15) is 0 Å². The maximum absolute atomic E-state index is 10.7. The molecule has 2 N–H and O–H groups in total. The molecule has 1 aromatic rings. The zero-order chi connectivity index (χ0) is 14.5. The number of benzene rings is 1. The van der Waals surface area contributed by atoms with Gasteiger partial charge in [0.15, 0.2) is 0 Å². The third-order valence-corrected chi connectivity index (χ3v) is 2.99. The lowest BCUT2D eigenvalue weighted by Gasteiger charge is -2.27. The zero-order valence-corrected chi connectivity index (χ0v) is 11.9. The summed E-state index contributed by atoms with van der Waals surface area (Å²) in [5.74, 6) is -0.805. The number of aliphatic hydroxyl groups is 1. The van der Waals surface area contributed by atoms with Gasteiger partial charge in [-0.1, -0.05) is 17.7 Å². The highest BCUT2D eigenvalue weighted by molar-refractivity contribution is 5.67. The number of carbonyl (C=O) groups is 1. The minimum Gasteiger partial charge on any atom is -0.481 e. The van der Waals surface area contributed by atoms with Crippen molar-refractivity contribution >= 4 is 11.7 Å². The van der Waals surface area contributed by atoms with E-state index in [0.717, 1.165) is 5.69 Å². The van der Waals surface area contributed by atoms with Crippen LogP contribution in [0.25, 0.3) is 0 Å². The first-order valence-electron chi connectivity index (χ1n) is 6.54. The maximum atomic E-state index is 10.7. The summed E-state index contributed by atoms with van der Waals surface area (Å²) < 4.78 is 0. The molecule has 1 rings (SSSR count). The van der Waals surface area contributed by atoms with Crippen molar-refractivity contribution in [2.75, 3.05) is 18.0 Å². The Hall–Kier alpha value is -1.55.